The van der Waals surface area contributed by atoms with Gasteiger partial charge in [-0.05, 0) is 102 Å². The van der Waals surface area contributed by atoms with Crippen LogP contribution in [0.15, 0.2) is 97.1 Å². The summed E-state index contributed by atoms with van der Waals surface area (Å²) in [5.41, 5.74) is 22.2. The summed E-state index contributed by atoms with van der Waals surface area (Å²) in [5.74, 6) is 1.63. The van der Waals surface area contributed by atoms with E-state index in [1.165, 1.54) is 123 Å². The zero-order valence-corrected chi connectivity index (χ0v) is 30.9. The Labute approximate surface area is 299 Å². The average Bonchev–Trinajstić information content (AvgIpc) is 3.14. The Morgan fingerprint density at radius 1 is 0.490 bits per heavy atom. The Hall–Kier alpha value is -3.52. The van der Waals surface area contributed by atoms with Crippen molar-refractivity contribution >= 4 is 11.4 Å². The molecule has 0 saturated heterocycles. The molecule has 49 heavy (non-hydrogen) atoms. The van der Waals surface area contributed by atoms with E-state index in [9.17, 15) is 0 Å². The van der Waals surface area contributed by atoms with Gasteiger partial charge in [0.15, 0.2) is 0 Å². The van der Waals surface area contributed by atoms with Gasteiger partial charge in [-0.25, -0.2) is 0 Å². The largest absolute Gasteiger partial charge is 0.399 e. The molecule has 4 aromatic rings. The molecule has 1 fully saturated rings. The number of rotatable bonds is 18. The first-order valence-corrected chi connectivity index (χ1v) is 19.9. The molecule has 2 unspecified atom stereocenters. The fourth-order valence-corrected chi connectivity index (χ4v) is 8.80. The zero-order chi connectivity index (χ0) is 34.5. The molecule has 1 saturated carbocycles. The number of nitrogen functional groups attached to an aromatic ring is 2. The molecule has 0 spiro atoms. The molecule has 0 radical (unpaired) electrons. The lowest BCUT2D eigenvalue weighted by Crippen LogP contribution is -2.33. The van der Waals surface area contributed by atoms with Crippen molar-refractivity contribution in [3.05, 3.63) is 130 Å². The summed E-state index contributed by atoms with van der Waals surface area (Å²) in [7, 11) is 0. The first kappa shape index (κ1) is 36.8. The standard InChI is InChI=1S/C47H64N2/c1-4-7-8-9-10-11-12-13-14-15-36-32-34-47(35-33-36,41-24-16-37(17-25-41)45(5-2)39-20-28-43(48)29-21-39)42-26-18-38(19-27-42)46(6-3)40-22-30-44(49)31-23-40/h16-31,36,45-46H,4-15,32-35,48-49H2,1-3H3. The maximum absolute atomic E-state index is 6.02. The van der Waals surface area contributed by atoms with E-state index in [0.717, 1.165) is 30.1 Å². The molecule has 5 rings (SSSR count). The Bertz CT molecular complexity index is 1390. The van der Waals surface area contributed by atoms with Gasteiger partial charge in [0.2, 0.25) is 0 Å². The highest BCUT2D eigenvalue weighted by Gasteiger charge is 2.38. The number of benzene rings is 4. The molecule has 2 nitrogen and oxygen atoms in total. The smallest absolute Gasteiger partial charge is 0.0314 e. The number of hydrogen-bond donors (Lipinski definition) is 2. The first-order chi connectivity index (χ1) is 24.0. The van der Waals surface area contributed by atoms with Crippen molar-refractivity contribution in [2.75, 3.05) is 11.5 Å². The Morgan fingerprint density at radius 2 is 0.837 bits per heavy atom. The van der Waals surface area contributed by atoms with Crippen LogP contribution in [0.2, 0.25) is 0 Å². The summed E-state index contributed by atoms with van der Waals surface area (Å²) in [4.78, 5) is 0. The number of hydrogen-bond acceptors (Lipinski definition) is 2. The van der Waals surface area contributed by atoms with Crippen LogP contribution in [-0.2, 0) is 5.41 Å². The fourth-order valence-electron chi connectivity index (χ4n) is 8.80. The first-order valence-electron chi connectivity index (χ1n) is 19.9. The third-order valence-electron chi connectivity index (χ3n) is 11.9. The predicted molar refractivity (Wildman–Crippen MR) is 213 cm³/mol. The van der Waals surface area contributed by atoms with Crippen LogP contribution in [0.5, 0.6) is 0 Å². The van der Waals surface area contributed by atoms with E-state index in [1.54, 1.807) is 0 Å². The maximum Gasteiger partial charge on any atom is 0.0314 e. The highest BCUT2D eigenvalue weighted by atomic mass is 14.5. The van der Waals surface area contributed by atoms with Crippen molar-refractivity contribution in [3.8, 4) is 0 Å². The lowest BCUT2D eigenvalue weighted by Gasteiger charge is -2.42. The van der Waals surface area contributed by atoms with Gasteiger partial charge >= 0.3 is 0 Å². The van der Waals surface area contributed by atoms with Crippen molar-refractivity contribution < 1.29 is 0 Å². The van der Waals surface area contributed by atoms with Crippen LogP contribution in [0.4, 0.5) is 11.4 Å². The molecular weight excluding hydrogens is 593 g/mol. The minimum absolute atomic E-state index is 0.0673. The lowest BCUT2D eigenvalue weighted by molar-refractivity contribution is 0.250. The van der Waals surface area contributed by atoms with Gasteiger partial charge in [-0.1, -0.05) is 158 Å². The monoisotopic (exact) mass is 657 g/mol. The van der Waals surface area contributed by atoms with Crippen LogP contribution >= 0.6 is 0 Å². The van der Waals surface area contributed by atoms with E-state index in [4.69, 9.17) is 11.5 Å². The van der Waals surface area contributed by atoms with Gasteiger partial charge in [-0.3, -0.25) is 0 Å². The van der Waals surface area contributed by atoms with E-state index in [2.05, 4.69) is 93.6 Å². The Morgan fingerprint density at radius 3 is 1.20 bits per heavy atom. The number of unbranched alkanes of at least 4 members (excludes halogenated alkanes) is 8. The molecule has 0 heterocycles. The molecule has 0 aromatic heterocycles. The average molecular weight is 657 g/mol. The normalized spacial score (nSPS) is 19.0. The molecular formula is C47H64N2. The van der Waals surface area contributed by atoms with Gasteiger partial charge < -0.3 is 11.5 Å². The van der Waals surface area contributed by atoms with Crippen molar-refractivity contribution in [2.45, 2.75) is 141 Å². The summed E-state index contributed by atoms with van der Waals surface area (Å²) in [6.45, 7) is 6.89. The van der Waals surface area contributed by atoms with Crippen molar-refractivity contribution in [3.63, 3.8) is 0 Å². The van der Waals surface area contributed by atoms with Gasteiger partial charge in [0.25, 0.3) is 0 Å². The van der Waals surface area contributed by atoms with Crippen LogP contribution in [0.25, 0.3) is 0 Å². The second-order valence-corrected chi connectivity index (χ2v) is 15.1. The van der Waals surface area contributed by atoms with Crippen molar-refractivity contribution in [1.29, 1.82) is 0 Å². The van der Waals surface area contributed by atoms with Crippen molar-refractivity contribution in [1.82, 2.24) is 0 Å². The van der Waals surface area contributed by atoms with Gasteiger partial charge in [-0.2, -0.15) is 0 Å². The summed E-state index contributed by atoms with van der Waals surface area (Å²) in [5, 5.41) is 0. The van der Waals surface area contributed by atoms with E-state index < -0.39 is 0 Å². The third kappa shape index (κ3) is 9.59. The van der Waals surface area contributed by atoms with Crippen LogP contribution in [0.1, 0.15) is 169 Å². The Kier molecular flexibility index (Phi) is 13.9. The lowest BCUT2D eigenvalue weighted by atomic mass is 9.62. The topological polar surface area (TPSA) is 52.0 Å². The van der Waals surface area contributed by atoms with Crippen molar-refractivity contribution in [2.24, 2.45) is 5.92 Å². The maximum atomic E-state index is 6.02. The fraction of sp³-hybridized carbons (Fsp3) is 0.489. The number of nitrogens with two attached hydrogens (primary N) is 2. The molecule has 0 bridgehead atoms. The van der Waals surface area contributed by atoms with E-state index >= 15 is 0 Å². The summed E-state index contributed by atoms with van der Waals surface area (Å²) >= 11 is 0. The van der Waals surface area contributed by atoms with Crippen LogP contribution in [-0.4, -0.2) is 0 Å². The number of anilines is 2. The Balaban J connectivity index is 1.32. The van der Waals surface area contributed by atoms with Gasteiger partial charge in [0.05, 0.1) is 0 Å². The van der Waals surface area contributed by atoms with Crippen LogP contribution in [0, 0.1) is 5.92 Å². The minimum atomic E-state index is 0.0673. The molecule has 2 heteroatoms. The highest BCUT2D eigenvalue weighted by molar-refractivity contribution is 5.47. The zero-order valence-electron chi connectivity index (χ0n) is 30.9. The summed E-state index contributed by atoms with van der Waals surface area (Å²) < 4.78 is 0. The summed E-state index contributed by atoms with van der Waals surface area (Å²) in [6.07, 6.45) is 21.4. The molecule has 1 aliphatic rings. The highest BCUT2D eigenvalue weighted by Crippen LogP contribution is 2.48. The molecule has 2 atom stereocenters. The quantitative estimate of drug-likeness (QED) is 0.0827. The van der Waals surface area contributed by atoms with Gasteiger partial charge in [0.1, 0.15) is 0 Å². The second kappa shape index (κ2) is 18.5. The molecule has 262 valence electrons. The SMILES string of the molecule is CCCCCCCCCCCC1CCC(c2ccc(C(CC)c3ccc(N)cc3)cc2)(c2ccc(C(CC)c3ccc(N)cc3)cc2)CC1. The predicted octanol–water partition coefficient (Wildman–Crippen LogP) is 13.3. The van der Waals surface area contributed by atoms with E-state index in [1.807, 2.05) is 24.3 Å². The third-order valence-corrected chi connectivity index (χ3v) is 11.9. The molecule has 0 aliphatic heterocycles. The minimum Gasteiger partial charge on any atom is -0.399 e. The molecule has 4 aromatic carbocycles. The summed E-state index contributed by atoms with van der Waals surface area (Å²) in [6, 6.07) is 36.5. The molecule has 0 amide bonds. The molecule has 4 N–H and O–H groups in total. The van der Waals surface area contributed by atoms with Crippen LogP contribution < -0.4 is 11.5 Å². The van der Waals surface area contributed by atoms with Crippen LogP contribution in [0.3, 0.4) is 0 Å². The van der Waals surface area contributed by atoms with E-state index in [-0.39, 0.29) is 5.41 Å². The van der Waals surface area contributed by atoms with Gasteiger partial charge in [0, 0.05) is 28.6 Å². The van der Waals surface area contributed by atoms with Gasteiger partial charge in [-0.15, -0.1) is 0 Å². The van der Waals surface area contributed by atoms with E-state index in [0.29, 0.717) is 11.8 Å². The molecule has 1 aliphatic carbocycles. The second-order valence-electron chi connectivity index (χ2n) is 15.1.